The van der Waals surface area contributed by atoms with Gasteiger partial charge >= 0.3 is 13.1 Å². The molecule has 0 amide bonds. The second-order valence-electron chi connectivity index (χ2n) is 8.73. The summed E-state index contributed by atoms with van der Waals surface area (Å²) in [4.78, 5) is 17.3. The minimum atomic E-state index is -0.457. The van der Waals surface area contributed by atoms with Crippen LogP contribution in [-0.2, 0) is 14.0 Å². The maximum atomic E-state index is 12.6. The second-order valence-corrected chi connectivity index (χ2v) is 8.73. The molecule has 28 heavy (non-hydrogen) atoms. The van der Waals surface area contributed by atoms with Crippen molar-refractivity contribution in [1.29, 1.82) is 0 Å². The monoisotopic (exact) mass is 383 g/mol. The predicted octanol–water partition coefficient (Wildman–Crippen LogP) is 4.14. The lowest BCUT2D eigenvalue weighted by Gasteiger charge is -2.32. The summed E-state index contributed by atoms with van der Waals surface area (Å²) in [6.45, 7) is 16.3. The number of aryl methyl sites for hydroxylation is 1. The van der Waals surface area contributed by atoms with Gasteiger partial charge in [-0.3, -0.25) is 4.98 Å². The topological polar surface area (TPSA) is 57.7 Å². The molecule has 1 aromatic carbocycles. The number of hydrogen-bond acceptors (Lipinski definition) is 5. The van der Waals surface area contributed by atoms with Crippen molar-refractivity contribution >= 4 is 29.5 Å². The Labute approximate surface area is 167 Å². The van der Waals surface area contributed by atoms with Crippen molar-refractivity contribution in [2.45, 2.75) is 72.5 Å². The van der Waals surface area contributed by atoms with Crippen LogP contribution in [0.3, 0.4) is 0 Å². The zero-order valence-corrected chi connectivity index (χ0v) is 18.2. The van der Waals surface area contributed by atoms with E-state index < -0.39 is 18.3 Å². The summed E-state index contributed by atoms with van der Waals surface area (Å²) in [6.07, 6.45) is 0. The predicted molar refractivity (Wildman–Crippen MR) is 112 cm³/mol. The fourth-order valence-corrected chi connectivity index (χ4v) is 3.62. The molecule has 5 nitrogen and oxygen atoms in total. The Balaban J connectivity index is 2.17. The molecule has 0 bridgehead atoms. The van der Waals surface area contributed by atoms with E-state index in [4.69, 9.17) is 14.0 Å². The van der Waals surface area contributed by atoms with Crippen LogP contribution in [-0.4, -0.2) is 35.9 Å². The molecule has 1 aliphatic rings. The molecular formula is C22H30BNO4. The molecule has 0 unspecified atom stereocenters. The van der Waals surface area contributed by atoms with Crippen LogP contribution in [0.2, 0.25) is 0 Å². The molecule has 0 spiro atoms. The van der Waals surface area contributed by atoms with Crippen LogP contribution in [0.15, 0.2) is 18.2 Å². The van der Waals surface area contributed by atoms with Crippen molar-refractivity contribution < 1.29 is 18.8 Å². The van der Waals surface area contributed by atoms with Gasteiger partial charge in [-0.15, -0.1) is 0 Å². The molecule has 0 saturated carbocycles. The van der Waals surface area contributed by atoms with E-state index in [1.54, 1.807) is 0 Å². The van der Waals surface area contributed by atoms with Crippen LogP contribution in [0, 0.1) is 6.92 Å². The normalized spacial score (nSPS) is 18.1. The molecular weight excluding hydrogens is 353 g/mol. The minimum absolute atomic E-state index is 0.136. The fraction of sp³-hybridized carbons (Fsp3) is 0.545. The Hall–Kier alpha value is -1.92. The largest absolute Gasteiger partial charge is 0.494 e. The third-order valence-corrected chi connectivity index (χ3v) is 5.81. The molecule has 150 valence electrons. The second kappa shape index (κ2) is 7.16. The SMILES string of the molecule is CCOC(=O)c1c(C)nc2ccc(B3OC(C)(C)C(C)(C)O3)cc2c1C(C)C. The van der Waals surface area contributed by atoms with Crippen LogP contribution in [0.5, 0.6) is 0 Å². The van der Waals surface area contributed by atoms with Crippen molar-refractivity contribution in [2.75, 3.05) is 6.61 Å². The molecule has 1 saturated heterocycles. The van der Waals surface area contributed by atoms with Gasteiger partial charge in [0.1, 0.15) is 0 Å². The first-order chi connectivity index (χ1) is 13.0. The summed E-state index contributed by atoms with van der Waals surface area (Å²) < 4.78 is 17.7. The van der Waals surface area contributed by atoms with E-state index in [0.717, 1.165) is 21.9 Å². The Morgan fingerprint density at radius 2 is 1.79 bits per heavy atom. The van der Waals surface area contributed by atoms with E-state index in [0.29, 0.717) is 17.9 Å². The van der Waals surface area contributed by atoms with Gasteiger partial charge < -0.3 is 14.0 Å². The van der Waals surface area contributed by atoms with Gasteiger partial charge in [0, 0.05) is 5.39 Å². The summed E-state index contributed by atoms with van der Waals surface area (Å²) in [7, 11) is -0.457. The Morgan fingerprint density at radius 3 is 2.32 bits per heavy atom. The molecule has 0 atom stereocenters. The van der Waals surface area contributed by atoms with Crippen molar-refractivity contribution in [3.63, 3.8) is 0 Å². The van der Waals surface area contributed by atoms with Gasteiger partial charge in [0.2, 0.25) is 0 Å². The van der Waals surface area contributed by atoms with Gasteiger partial charge in [0.25, 0.3) is 0 Å². The summed E-state index contributed by atoms with van der Waals surface area (Å²) in [5.41, 5.74) is 3.18. The average Bonchev–Trinajstić information content (AvgIpc) is 2.81. The van der Waals surface area contributed by atoms with Crippen LogP contribution >= 0.6 is 0 Å². The number of pyridine rings is 1. The smallest absolute Gasteiger partial charge is 0.462 e. The van der Waals surface area contributed by atoms with Gasteiger partial charge in [-0.2, -0.15) is 0 Å². The van der Waals surface area contributed by atoms with Crippen molar-refractivity contribution in [3.8, 4) is 0 Å². The van der Waals surface area contributed by atoms with Gasteiger partial charge in [0.05, 0.1) is 34.6 Å². The standard InChI is InChI=1S/C22H30BNO4/c1-9-26-20(25)19-14(4)24-17-11-10-15(12-16(17)18(19)13(2)3)23-27-21(5,6)22(7,8)28-23/h10-13H,9H2,1-8H3. The first-order valence-electron chi connectivity index (χ1n) is 9.95. The van der Waals surface area contributed by atoms with Gasteiger partial charge in [0.15, 0.2) is 0 Å². The summed E-state index contributed by atoms with van der Waals surface area (Å²) in [5, 5.41) is 0.941. The Morgan fingerprint density at radius 1 is 1.18 bits per heavy atom. The molecule has 2 heterocycles. The number of carbonyl (C=O) groups is 1. The van der Waals surface area contributed by atoms with Crippen molar-refractivity contribution in [3.05, 3.63) is 35.0 Å². The quantitative estimate of drug-likeness (QED) is 0.587. The van der Waals surface area contributed by atoms with Crippen molar-refractivity contribution in [2.24, 2.45) is 0 Å². The lowest BCUT2D eigenvalue weighted by Crippen LogP contribution is -2.41. The number of carbonyl (C=O) groups excluding carboxylic acids is 1. The van der Waals surface area contributed by atoms with Gasteiger partial charge in [-0.25, -0.2) is 4.79 Å². The third kappa shape index (κ3) is 3.44. The molecule has 3 rings (SSSR count). The summed E-state index contributed by atoms with van der Waals surface area (Å²) in [5.74, 6) is -0.184. The van der Waals surface area contributed by atoms with E-state index in [-0.39, 0.29) is 11.9 Å². The number of benzene rings is 1. The summed E-state index contributed by atoms with van der Waals surface area (Å²) in [6, 6.07) is 6.01. The minimum Gasteiger partial charge on any atom is -0.462 e. The molecule has 1 aromatic heterocycles. The molecule has 6 heteroatoms. The molecule has 1 fully saturated rings. The average molecular weight is 383 g/mol. The maximum Gasteiger partial charge on any atom is 0.494 e. The first-order valence-corrected chi connectivity index (χ1v) is 9.95. The number of fused-ring (bicyclic) bond motifs is 1. The van der Waals surface area contributed by atoms with Crippen LogP contribution in [0.25, 0.3) is 10.9 Å². The lowest BCUT2D eigenvalue weighted by atomic mass is 9.77. The highest BCUT2D eigenvalue weighted by Crippen LogP contribution is 2.37. The van der Waals surface area contributed by atoms with E-state index in [2.05, 4.69) is 18.8 Å². The van der Waals surface area contributed by atoms with Gasteiger partial charge in [-0.1, -0.05) is 26.0 Å². The van der Waals surface area contributed by atoms with Gasteiger partial charge in [-0.05, 0) is 64.6 Å². The number of rotatable bonds is 4. The number of aromatic nitrogens is 1. The molecule has 0 radical (unpaired) electrons. The fourth-order valence-electron chi connectivity index (χ4n) is 3.62. The Bertz CT molecular complexity index is 904. The lowest BCUT2D eigenvalue weighted by molar-refractivity contribution is 0.00578. The first kappa shape index (κ1) is 20.8. The number of esters is 1. The van der Waals surface area contributed by atoms with E-state index in [9.17, 15) is 4.79 Å². The van der Waals surface area contributed by atoms with E-state index in [1.165, 1.54) is 0 Å². The number of ether oxygens (including phenoxy) is 1. The Kier molecular flexibility index (Phi) is 5.32. The van der Waals surface area contributed by atoms with E-state index >= 15 is 0 Å². The number of nitrogens with zero attached hydrogens (tertiary/aromatic N) is 1. The zero-order valence-electron chi connectivity index (χ0n) is 18.2. The van der Waals surface area contributed by atoms with E-state index in [1.807, 2.05) is 59.7 Å². The molecule has 0 aliphatic carbocycles. The molecule has 2 aromatic rings. The number of hydrogen-bond donors (Lipinski definition) is 0. The molecule has 0 N–H and O–H groups in total. The highest BCUT2D eigenvalue weighted by molar-refractivity contribution is 6.62. The highest BCUT2D eigenvalue weighted by atomic mass is 16.7. The molecule has 1 aliphatic heterocycles. The van der Waals surface area contributed by atoms with Crippen LogP contribution < -0.4 is 5.46 Å². The maximum absolute atomic E-state index is 12.6. The summed E-state index contributed by atoms with van der Waals surface area (Å²) >= 11 is 0. The van der Waals surface area contributed by atoms with Crippen LogP contribution in [0.4, 0.5) is 0 Å². The third-order valence-electron chi connectivity index (χ3n) is 5.81. The zero-order chi connectivity index (χ0) is 20.9. The van der Waals surface area contributed by atoms with Crippen LogP contribution in [0.1, 0.15) is 76.0 Å². The van der Waals surface area contributed by atoms with Crippen molar-refractivity contribution in [1.82, 2.24) is 4.98 Å². The highest BCUT2D eigenvalue weighted by Gasteiger charge is 2.51.